The van der Waals surface area contributed by atoms with Gasteiger partial charge in [-0.1, -0.05) is 78.9 Å². The monoisotopic (exact) mass is 622 g/mol. The number of hydrogen-bond donors (Lipinski definition) is 0. The molecule has 0 saturated carbocycles. The number of benzene rings is 4. The number of rotatable bonds is 14. The number of hydrogen-bond acceptors (Lipinski definition) is 8. The van der Waals surface area contributed by atoms with Gasteiger partial charge >= 0.3 is 11.9 Å². The summed E-state index contributed by atoms with van der Waals surface area (Å²) in [5.74, 6) is 0.237. The third-order valence-corrected chi connectivity index (χ3v) is 8.84. The Morgan fingerprint density at radius 2 is 1.41 bits per heavy atom. The van der Waals surface area contributed by atoms with Gasteiger partial charge in [-0.25, -0.2) is 4.79 Å². The lowest BCUT2D eigenvalue weighted by Gasteiger charge is -2.52. The molecule has 238 valence electrons. The smallest absolute Gasteiger partial charge is 0.330 e. The highest BCUT2D eigenvalue weighted by molar-refractivity contribution is 5.93. The molecule has 3 atom stereocenters. The van der Waals surface area contributed by atoms with Gasteiger partial charge in [0.2, 0.25) is 0 Å². The Morgan fingerprint density at radius 3 is 2.13 bits per heavy atom. The third kappa shape index (κ3) is 5.86. The lowest BCUT2D eigenvalue weighted by atomic mass is 9.56. The van der Waals surface area contributed by atoms with Crippen molar-refractivity contribution in [1.82, 2.24) is 0 Å². The van der Waals surface area contributed by atoms with Crippen molar-refractivity contribution in [2.75, 3.05) is 46.8 Å². The van der Waals surface area contributed by atoms with Crippen molar-refractivity contribution < 1.29 is 38.0 Å². The van der Waals surface area contributed by atoms with Gasteiger partial charge in [-0.3, -0.25) is 4.79 Å². The third-order valence-electron chi connectivity index (χ3n) is 8.84. The highest BCUT2D eigenvalue weighted by atomic mass is 16.6. The van der Waals surface area contributed by atoms with E-state index in [-0.39, 0.29) is 38.3 Å². The minimum atomic E-state index is -0.901. The first-order valence-electron chi connectivity index (χ1n) is 15.5. The second-order valence-electron chi connectivity index (χ2n) is 11.4. The molecule has 0 aliphatic heterocycles. The molecule has 0 radical (unpaired) electrons. The summed E-state index contributed by atoms with van der Waals surface area (Å²) >= 11 is 0. The molecular weight excluding hydrogens is 584 g/mol. The van der Waals surface area contributed by atoms with Gasteiger partial charge in [-0.15, -0.1) is 0 Å². The second-order valence-corrected chi connectivity index (χ2v) is 11.4. The molecule has 0 aromatic heterocycles. The normalized spacial score (nSPS) is 19.2. The van der Waals surface area contributed by atoms with Crippen molar-refractivity contribution in [3.8, 4) is 11.5 Å². The maximum atomic E-state index is 13.7. The molecular formula is C38H38O8. The Kier molecular flexibility index (Phi) is 9.38. The van der Waals surface area contributed by atoms with Gasteiger partial charge in [0.15, 0.2) is 0 Å². The van der Waals surface area contributed by atoms with Crippen LogP contribution in [0.1, 0.15) is 40.2 Å². The summed E-state index contributed by atoms with van der Waals surface area (Å²) in [6, 6.07) is 26.2. The summed E-state index contributed by atoms with van der Waals surface area (Å²) in [7, 11) is 1.69. The molecule has 7 rings (SSSR count). The molecule has 8 nitrogen and oxygen atoms in total. The van der Waals surface area contributed by atoms with E-state index in [1.165, 1.54) is 16.7 Å². The van der Waals surface area contributed by atoms with Crippen molar-refractivity contribution >= 4 is 22.7 Å². The highest BCUT2D eigenvalue weighted by Crippen LogP contribution is 2.59. The Morgan fingerprint density at radius 1 is 0.783 bits per heavy atom. The van der Waals surface area contributed by atoms with Crippen LogP contribution in [0.25, 0.3) is 10.8 Å². The Hall–Kier alpha value is -4.66. The van der Waals surface area contributed by atoms with Crippen LogP contribution in [0.3, 0.4) is 0 Å². The van der Waals surface area contributed by atoms with E-state index in [9.17, 15) is 9.59 Å². The standard InChI is InChI=1S/C38H38O8/c1-4-36(39)45-20-18-42-17-19-43-34-15-16-35(28-11-6-5-10-27(28)34)44-21-22-46-37(40)33-24-29-26-9-7-8-12-31(26)38(33,41-3)32-14-13-25(2)23-30(29)32/h4-16,23,29,33H,1,17-22,24H2,2-3H3. The molecule has 8 heteroatoms. The SMILES string of the molecule is C=CC(=O)OCCOCCOc1ccc(OCCOC(=O)C2CC3c4ccccc4C2(OC)c2ccc(C)cc23)c2ccccc12. The van der Waals surface area contributed by atoms with Gasteiger partial charge < -0.3 is 28.4 Å². The van der Waals surface area contributed by atoms with Crippen molar-refractivity contribution in [3.05, 3.63) is 119 Å². The molecule has 4 aromatic carbocycles. The average Bonchev–Trinajstić information content (AvgIpc) is 3.09. The van der Waals surface area contributed by atoms with E-state index in [4.69, 9.17) is 28.4 Å². The van der Waals surface area contributed by atoms with E-state index >= 15 is 0 Å². The van der Waals surface area contributed by atoms with Crippen molar-refractivity contribution in [3.63, 3.8) is 0 Å². The fourth-order valence-electron chi connectivity index (χ4n) is 6.88. The highest BCUT2D eigenvalue weighted by Gasteiger charge is 2.58. The van der Waals surface area contributed by atoms with E-state index < -0.39 is 17.5 Å². The molecule has 0 saturated heterocycles. The van der Waals surface area contributed by atoms with Gasteiger partial charge in [0, 0.05) is 29.9 Å². The average molecular weight is 623 g/mol. The van der Waals surface area contributed by atoms with Crippen molar-refractivity contribution in [2.45, 2.75) is 24.9 Å². The number of aryl methyl sites for hydroxylation is 1. The van der Waals surface area contributed by atoms with Crippen LogP contribution in [-0.2, 0) is 34.1 Å². The molecule has 0 spiro atoms. The zero-order valence-corrected chi connectivity index (χ0v) is 26.2. The van der Waals surface area contributed by atoms with Crippen molar-refractivity contribution in [2.24, 2.45) is 5.92 Å². The van der Waals surface area contributed by atoms with Crippen LogP contribution in [0.4, 0.5) is 0 Å². The lowest BCUT2D eigenvalue weighted by molar-refractivity contribution is -0.163. The predicted molar refractivity (Wildman–Crippen MR) is 173 cm³/mol. The van der Waals surface area contributed by atoms with E-state index in [0.717, 1.165) is 28.0 Å². The summed E-state index contributed by atoms with van der Waals surface area (Å²) in [5.41, 5.74) is 4.82. The first kappa shape index (κ1) is 31.3. The Bertz CT molecular complexity index is 1750. The van der Waals surface area contributed by atoms with Gasteiger partial charge in [-0.2, -0.15) is 0 Å². The number of fused-ring (bicyclic) bond motifs is 2. The Balaban J connectivity index is 1.07. The fraction of sp³-hybridized carbons (Fsp3) is 0.316. The lowest BCUT2D eigenvalue weighted by Crippen LogP contribution is -2.52. The minimum absolute atomic E-state index is 0.105. The molecule has 0 fully saturated rings. The zero-order valence-electron chi connectivity index (χ0n) is 26.2. The van der Waals surface area contributed by atoms with Gasteiger partial charge in [-0.05, 0) is 47.7 Å². The molecule has 0 amide bonds. The van der Waals surface area contributed by atoms with Crippen molar-refractivity contribution in [1.29, 1.82) is 0 Å². The van der Waals surface area contributed by atoms with E-state index in [0.29, 0.717) is 31.1 Å². The zero-order chi connectivity index (χ0) is 32.1. The first-order valence-corrected chi connectivity index (χ1v) is 15.5. The summed E-state index contributed by atoms with van der Waals surface area (Å²) in [4.78, 5) is 24.8. The summed E-state index contributed by atoms with van der Waals surface area (Å²) in [6.07, 6.45) is 1.74. The molecule has 0 N–H and O–H groups in total. The maximum Gasteiger partial charge on any atom is 0.330 e. The summed E-state index contributed by atoms with van der Waals surface area (Å²) in [5, 5.41) is 1.78. The summed E-state index contributed by atoms with van der Waals surface area (Å²) in [6.45, 7) is 6.85. The molecule has 0 heterocycles. The van der Waals surface area contributed by atoms with E-state index in [1.54, 1.807) is 7.11 Å². The van der Waals surface area contributed by atoms with E-state index in [1.807, 2.05) is 42.5 Å². The molecule has 46 heavy (non-hydrogen) atoms. The molecule has 2 bridgehead atoms. The van der Waals surface area contributed by atoms with E-state index in [2.05, 4.69) is 49.9 Å². The maximum absolute atomic E-state index is 13.7. The van der Waals surface area contributed by atoms with Crippen LogP contribution in [0.2, 0.25) is 0 Å². The molecule has 3 aliphatic rings. The van der Waals surface area contributed by atoms with Crippen LogP contribution < -0.4 is 9.47 Å². The largest absolute Gasteiger partial charge is 0.491 e. The molecule has 4 aromatic rings. The minimum Gasteiger partial charge on any atom is -0.491 e. The van der Waals surface area contributed by atoms with Crippen LogP contribution in [0, 0.1) is 12.8 Å². The van der Waals surface area contributed by atoms with Gasteiger partial charge in [0.25, 0.3) is 0 Å². The van der Waals surface area contributed by atoms with Crippen LogP contribution in [-0.4, -0.2) is 58.7 Å². The molecule has 3 unspecified atom stereocenters. The first-order chi connectivity index (χ1) is 22.5. The number of ether oxygens (including phenoxy) is 6. The number of methoxy groups -OCH3 is 1. The number of esters is 2. The fourth-order valence-corrected chi connectivity index (χ4v) is 6.88. The second kappa shape index (κ2) is 13.8. The number of carbonyl (C=O) groups is 2. The van der Waals surface area contributed by atoms with Crippen LogP contribution in [0.15, 0.2) is 91.5 Å². The quantitative estimate of drug-likeness (QED) is 0.0927. The number of carbonyl (C=O) groups excluding carboxylic acids is 2. The van der Waals surface area contributed by atoms with Crippen LogP contribution in [0.5, 0.6) is 11.5 Å². The van der Waals surface area contributed by atoms with Gasteiger partial charge in [0.1, 0.15) is 43.5 Å². The van der Waals surface area contributed by atoms with Gasteiger partial charge in [0.05, 0.1) is 19.1 Å². The van der Waals surface area contributed by atoms with Crippen LogP contribution >= 0.6 is 0 Å². The Labute approximate surface area is 268 Å². The predicted octanol–water partition coefficient (Wildman–Crippen LogP) is 6.25. The molecule has 3 aliphatic carbocycles. The topological polar surface area (TPSA) is 89.5 Å². The summed E-state index contributed by atoms with van der Waals surface area (Å²) < 4.78 is 34.6.